The molecule has 0 saturated heterocycles. The maximum absolute atomic E-state index is 10.9. The Hall–Kier alpha value is -1.62. The fraction of sp³-hybridized carbons (Fsp3) is 0.0909. The molecule has 0 bridgehead atoms. The largest absolute Gasteiger partial charge is 0.475 e. The van der Waals surface area contributed by atoms with Crippen LogP contribution in [0.3, 0.4) is 0 Å². The van der Waals surface area contributed by atoms with Crippen LogP contribution < -0.4 is 0 Å². The zero-order valence-electron chi connectivity index (χ0n) is 8.40. The maximum Gasteiger partial charge on any atom is 0.375 e. The summed E-state index contributed by atoms with van der Waals surface area (Å²) in [5.74, 6) is -1.24. The summed E-state index contributed by atoms with van der Waals surface area (Å²) in [6.07, 6.45) is 0. The van der Waals surface area contributed by atoms with Gasteiger partial charge in [0.15, 0.2) is 0 Å². The summed E-state index contributed by atoms with van der Waals surface area (Å²) >= 11 is 3.32. The first-order valence-corrected chi connectivity index (χ1v) is 5.34. The Morgan fingerprint density at radius 1 is 1.38 bits per heavy atom. The first-order chi connectivity index (χ1) is 7.59. The molecule has 0 atom stereocenters. The third-order valence-electron chi connectivity index (χ3n) is 2.19. The van der Waals surface area contributed by atoms with Crippen LogP contribution in [0.4, 0.5) is 0 Å². The average Bonchev–Trinajstić information content (AvgIpc) is 2.62. The van der Waals surface area contributed by atoms with Crippen molar-refractivity contribution >= 4 is 21.9 Å². The second-order valence-electron chi connectivity index (χ2n) is 3.28. The number of halogens is 1. The van der Waals surface area contributed by atoms with Crippen LogP contribution in [-0.2, 0) is 0 Å². The highest BCUT2D eigenvalue weighted by atomic mass is 79.9. The Morgan fingerprint density at radius 3 is 2.56 bits per heavy atom. The smallest absolute Gasteiger partial charge is 0.375 e. The van der Waals surface area contributed by atoms with E-state index in [4.69, 9.17) is 9.63 Å². The minimum absolute atomic E-state index is 0.125. The van der Waals surface area contributed by atoms with E-state index in [-0.39, 0.29) is 5.76 Å². The Morgan fingerprint density at radius 2 is 2.00 bits per heavy atom. The van der Waals surface area contributed by atoms with Gasteiger partial charge < -0.3 is 9.63 Å². The highest BCUT2D eigenvalue weighted by Gasteiger charge is 2.20. The van der Waals surface area contributed by atoms with Crippen LogP contribution in [0, 0.1) is 6.92 Å². The Labute approximate surface area is 100 Å². The molecule has 1 aromatic heterocycles. The maximum atomic E-state index is 10.9. The fourth-order valence-corrected chi connectivity index (χ4v) is 1.74. The third kappa shape index (κ3) is 1.86. The van der Waals surface area contributed by atoms with Crippen molar-refractivity contribution in [3.05, 3.63) is 40.2 Å². The summed E-state index contributed by atoms with van der Waals surface area (Å²) < 4.78 is 5.71. The van der Waals surface area contributed by atoms with Crippen molar-refractivity contribution < 1.29 is 14.4 Å². The molecule has 82 valence electrons. The number of carbonyl (C=O) groups is 1. The molecular weight excluding hydrogens is 274 g/mol. The summed E-state index contributed by atoms with van der Waals surface area (Å²) in [7, 11) is 0. The summed E-state index contributed by atoms with van der Waals surface area (Å²) in [6.45, 7) is 1.72. The van der Waals surface area contributed by atoms with Crippen LogP contribution >= 0.6 is 15.9 Å². The third-order valence-corrected chi connectivity index (χ3v) is 2.72. The van der Waals surface area contributed by atoms with Crippen LogP contribution in [0.5, 0.6) is 0 Å². The average molecular weight is 282 g/mol. The number of hydrogen-bond donors (Lipinski definition) is 1. The topological polar surface area (TPSA) is 63.3 Å². The predicted octanol–water partition coefficient (Wildman–Crippen LogP) is 3.11. The van der Waals surface area contributed by atoms with Gasteiger partial charge in [0.05, 0.1) is 11.3 Å². The lowest BCUT2D eigenvalue weighted by Gasteiger charge is -1.99. The summed E-state index contributed by atoms with van der Waals surface area (Å²) in [5.41, 5.74) is 1.87. The number of rotatable bonds is 2. The van der Waals surface area contributed by atoms with E-state index < -0.39 is 5.97 Å². The Kier molecular flexibility index (Phi) is 2.78. The van der Waals surface area contributed by atoms with Crippen molar-refractivity contribution in [3.63, 3.8) is 0 Å². The van der Waals surface area contributed by atoms with E-state index >= 15 is 0 Å². The second-order valence-corrected chi connectivity index (χ2v) is 4.20. The quantitative estimate of drug-likeness (QED) is 0.919. The molecule has 4 nitrogen and oxygen atoms in total. The van der Waals surface area contributed by atoms with Crippen LogP contribution in [0.15, 0.2) is 33.3 Å². The van der Waals surface area contributed by atoms with Gasteiger partial charge >= 0.3 is 5.97 Å². The van der Waals surface area contributed by atoms with Gasteiger partial charge in [-0.15, -0.1) is 0 Å². The van der Waals surface area contributed by atoms with Gasteiger partial charge in [0, 0.05) is 4.47 Å². The molecule has 1 aromatic carbocycles. The second kappa shape index (κ2) is 4.09. The van der Waals surface area contributed by atoms with Crippen molar-refractivity contribution in [3.8, 4) is 11.1 Å². The van der Waals surface area contributed by atoms with E-state index in [0.29, 0.717) is 11.3 Å². The number of hydrogen-bond acceptors (Lipinski definition) is 3. The van der Waals surface area contributed by atoms with E-state index in [1.165, 1.54) is 0 Å². The molecule has 0 radical (unpaired) electrons. The molecule has 0 aliphatic rings. The van der Waals surface area contributed by atoms with Crippen LogP contribution in [0.1, 0.15) is 16.2 Å². The zero-order valence-corrected chi connectivity index (χ0v) is 9.98. The van der Waals surface area contributed by atoms with Crippen molar-refractivity contribution in [1.29, 1.82) is 0 Å². The van der Waals surface area contributed by atoms with E-state index in [0.717, 1.165) is 10.0 Å². The standard InChI is InChI=1S/C11H8BrNO3/c1-6-9(10(11(14)15)16-13-6)7-2-4-8(12)5-3-7/h2-5H,1H3,(H,14,15). The van der Waals surface area contributed by atoms with Gasteiger partial charge in [-0.2, -0.15) is 0 Å². The van der Waals surface area contributed by atoms with Gasteiger partial charge in [0.25, 0.3) is 5.76 Å². The number of carboxylic acid groups (broad SMARTS) is 1. The van der Waals surface area contributed by atoms with Crippen molar-refractivity contribution in [2.45, 2.75) is 6.92 Å². The summed E-state index contributed by atoms with van der Waals surface area (Å²) in [5, 5.41) is 12.6. The molecule has 1 N–H and O–H groups in total. The van der Waals surface area contributed by atoms with Gasteiger partial charge in [0.1, 0.15) is 0 Å². The monoisotopic (exact) mass is 281 g/mol. The first-order valence-electron chi connectivity index (χ1n) is 4.55. The molecule has 2 rings (SSSR count). The normalized spacial score (nSPS) is 10.4. The number of aromatic nitrogens is 1. The number of benzene rings is 1. The summed E-state index contributed by atoms with van der Waals surface area (Å²) in [4.78, 5) is 10.9. The van der Waals surface area contributed by atoms with Crippen molar-refractivity contribution in [2.75, 3.05) is 0 Å². The minimum Gasteiger partial charge on any atom is -0.475 e. The molecule has 0 aliphatic heterocycles. The van der Waals surface area contributed by atoms with Gasteiger partial charge in [-0.25, -0.2) is 4.79 Å². The van der Waals surface area contributed by atoms with E-state index in [9.17, 15) is 4.79 Å². The Bertz CT molecular complexity index is 531. The number of aryl methyl sites for hydroxylation is 1. The lowest BCUT2D eigenvalue weighted by molar-refractivity contribution is 0.0653. The van der Waals surface area contributed by atoms with Gasteiger partial charge in [-0.3, -0.25) is 0 Å². The first kappa shape index (κ1) is 10.9. The molecule has 2 aromatic rings. The highest BCUT2D eigenvalue weighted by molar-refractivity contribution is 9.10. The van der Waals surface area contributed by atoms with Gasteiger partial charge in [-0.05, 0) is 24.6 Å². The van der Waals surface area contributed by atoms with E-state index in [1.807, 2.05) is 24.3 Å². The summed E-state index contributed by atoms with van der Waals surface area (Å²) in [6, 6.07) is 7.31. The van der Waals surface area contributed by atoms with Gasteiger partial charge in [-0.1, -0.05) is 33.2 Å². The van der Waals surface area contributed by atoms with Crippen molar-refractivity contribution in [1.82, 2.24) is 5.16 Å². The molecule has 1 heterocycles. The minimum atomic E-state index is -1.11. The van der Waals surface area contributed by atoms with Crippen molar-refractivity contribution in [2.24, 2.45) is 0 Å². The molecule has 0 fully saturated rings. The highest BCUT2D eigenvalue weighted by Crippen LogP contribution is 2.28. The predicted molar refractivity (Wildman–Crippen MR) is 61.3 cm³/mol. The molecule has 0 unspecified atom stereocenters. The van der Waals surface area contributed by atoms with E-state index in [2.05, 4.69) is 21.1 Å². The molecule has 0 saturated carbocycles. The number of carboxylic acids is 1. The van der Waals surface area contributed by atoms with E-state index in [1.54, 1.807) is 6.92 Å². The fourth-order valence-electron chi connectivity index (χ4n) is 1.47. The molecular formula is C11H8BrNO3. The van der Waals surface area contributed by atoms with Gasteiger partial charge in [0.2, 0.25) is 0 Å². The lowest BCUT2D eigenvalue weighted by atomic mass is 10.0. The van der Waals surface area contributed by atoms with Crippen LogP contribution in [0.25, 0.3) is 11.1 Å². The lowest BCUT2D eigenvalue weighted by Crippen LogP contribution is -1.96. The number of aromatic carboxylic acids is 1. The molecule has 0 amide bonds. The number of nitrogens with zero attached hydrogens (tertiary/aromatic N) is 1. The van der Waals surface area contributed by atoms with Crippen LogP contribution in [0.2, 0.25) is 0 Å². The molecule has 16 heavy (non-hydrogen) atoms. The SMILES string of the molecule is Cc1noc(C(=O)O)c1-c1ccc(Br)cc1. The zero-order chi connectivity index (χ0) is 11.7. The Balaban J connectivity index is 2.58. The van der Waals surface area contributed by atoms with Crippen LogP contribution in [-0.4, -0.2) is 16.2 Å². The molecule has 0 aliphatic carbocycles. The molecule has 5 heteroatoms. The molecule has 0 spiro atoms.